The van der Waals surface area contributed by atoms with Gasteiger partial charge < -0.3 is 9.88 Å². The highest BCUT2D eigenvalue weighted by Crippen LogP contribution is 2.22. The molecule has 0 spiro atoms. The smallest absolute Gasteiger partial charge is 0.0480 e. The number of fused-ring (bicyclic) bond motifs is 2. The highest BCUT2D eigenvalue weighted by molar-refractivity contribution is 5.85. The fourth-order valence-electron chi connectivity index (χ4n) is 4.03. The van der Waals surface area contributed by atoms with E-state index in [2.05, 4.69) is 83.6 Å². The third-order valence-electron chi connectivity index (χ3n) is 5.67. The second-order valence-electron chi connectivity index (χ2n) is 7.87. The number of rotatable bonds is 8. The minimum absolute atomic E-state index is 0. The van der Waals surface area contributed by atoms with Crippen LogP contribution < -0.4 is 5.32 Å². The number of nitrogens with zero attached hydrogens (tertiary/aromatic N) is 2. The van der Waals surface area contributed by atoms with Gasteiger partial charge in [0.05, 0.1) is 0 Å². The third-order valence-corrected chi connectivity index (χ3v) is 5.67. The SMILES string of the molecule is C[C@H](CCCCc1cn(C)c2ccccc12)NCc1ccc2cnccc2c1.Cl. The van der Waals surface area contributed by atoms with E-state index < -0.39 is 0 Å². The van der Waals surface area contributed by atoms with E-state index in [4.69, 9.17) is 0 Å². The first-order valence-corrected chi connectivity index (χ1v) is 10.3. The number of halogens is 1. The summed E-state index contributed by atoms with van der Waals surface area (Å²) < 4.78 is 2.24. The zero-order chi connectivity index (χ0) is 19.3. The second kappa shape index (κ2) is 9.91. The second-order valence-corrected chi connectivity index (χ2v) is 7.87. The first-order chi connectivity index (χ1) is 13.7. The number of aromatic nitrogens is 2. The first kappa shape index (κ1) is 21.4. The lowest BCUT2D eigenvalue weighted by atomic mass is 10.0. The molecule has 4 rings (SSSR count). The molecule has 0 aliphatic heterocycles. The van der Waals surface area contributed by atoms with E-state index in [0.717, 1.165) is 13.0 Å². The van der Waals surface area contributed by atoms with Crippen LogP contribution >= 0.6 is 12.4 Å². The summed E-state index contributed by atoms with van der Waals surface area (Å²) in [6.45, 7) is 3.21. The largest absolute Gasteiger partial charge is 0.350 e. The number of para-hydroxylation sites is 1. The van der Waals surface area contributed by atoms with Gasteiger partial charge in [-0.05, 0) is 60.9 Å². The molecule has 0 bridgehead atoms. The minimum Gasteiger partial charge on any atom is -0.350 e. The Morgan fingerprint density at radius 2 is 1.90 bits per heavy atom. The lowest BCUT2D eigenvalue weighted by molar-refractivity contribution is 0.489. The van der Waals surface area contributed by atoms with Crippen LogP contribution in [0.2, 0.25) is 0 Å². The Bertz CT molecular complexity index is 1070. The summed E-state index contributed by atoms with van der Waals surface area (Å²) in [5, 5.41) is 7.54. The topological polar surface area (TPSA) is 29.9 Å². The molecule has 0 radical (unpaired) electrons. The molecule has 1 N–H and O–H groups in total. The van der Waals surface area contributed by atoms with Gasteiger partial charge in [-0.1, -0.05) is 36.8 Å². The Morgan fingerprint density at radius 3 is 2.79 bits per heavy atom. The Kier molecular flexibility index (Phi) is 7.29. The summed E-state index contributed by atoms with van der Waals surface area (Å²) in [6.07, 6.45) is 10.9. The maximum Gasteiger partial charge on any atom is 0.0480 e. The molecule has 0 saturated carbocycles. The number of unbranched alkanes of at least 4 members (excludes halogenated alkanes) is 1. The average molecular weight is 408 g/mol. The lowest BCUT2D eigenvalue weighted by Crippen LogP contribution is -2.25. The van der Waals surface area contributed by atoms with Crippen molar-refractivity contribution in [2.45, 2.75) is 45.2 Å². The predicted octanol–water partition coefficient (Wildman–Crippen LogP) is 6.04. The normalized spacial score (nSPS) is 12.2. The molecule has 0 amide bonds. The molecule has 4 heteroatoms. The van der Waals surface area contributed by atoms with Crippen molar-refractivity contribution in [1.82, 2.24) is 14.9 Å². The molecule has 0 aliphatic carbocycles. The molecule has 0 saturated heterocycles. The number of nitrogens with one attached hydrogen (secondary N) is 1. The quantitative estimate of drug-likeness (QED) is 0.361. The van der Waals surface area contributed by atoms with Crippen LogP contribution in [0.3, 0.4) is 0 Å². The van der Waals surface area contributed by atoms with Gasteiger partial charge in [0.15, 0.2) is 0 Å². The van der Waals surface area contributed by atoms with Gasteiger partial charge in [0.2, 0.25) is 0 Å². The summed E-state index contributed by atoms with van der Waals surface area (Å²) in [7, 11) is 2.14. The molecular weight excluding hydrogens is 378 g/mol. The van der Waals surface area contributed by atoms with Crippen LogP contribution in [0.4, 0.5) is 0 Å². The van der Waals surface area contributed by atoms with Crippen molar-refractivity contribution < 1.29 is 0 Å². The van der Waals surface area contributed by atoms with Crippen LogP contribution in [0, 0.1) is 0 Å². The van der Waals surface area contributed by atoms with E-state index in [1.165, 1.54) is 52.1 Å². The number of pyridine rings is 1. The van der Waals surface area contributed by atoms with Crippen LogP contribution in [-0.2, 0) is 20.0 Å². The zero-order valence-corrected chi connectivity index (χ0v) is 18.1. The standard InChI is InChI=1S/C25H29N3.ClH/c1-19(27-16-20-11-12-22-17-26-14-13-21(22)15-20)7-3-4-8-23-18-28(2)25-10-6-5-9-24(23)25;/h5-6,9-15,17-19,27H,3-4,7-8,16H2,1-2H3;1H/t19-;/m1./s1. The Morgan fingerprint density at radius 1 is 1.03 bits per heavy atom. The average Bonchev–Trinajstić information content (AvgIpc) is 3.05. The van der Waals surface area contributed by atoms with Crippen LogP contribution in [0.1, 0.15) is 37.3 Å². The number of hydrogen-bond donors (Lipinski definition) is 1. The van der Waals surface area contributed by atoms with Crippen LogP contribution in [0.5, 0.6) is 0 Å². The van der Waals surface area contributed by atoms with Crippen molar-refractivity contribution in [1.29, 1.82) is 0 Å². The van der Waals surface area contributed by atoms with Crippen LogP contribution in [-0.4, -0.2) is 15.6 Å². The lowest BCUT2D eigenvalue weighted by Gasteiger charge is -2.14. The molecule has 2 aromatic carbocycles. The van der Waals surface area contributed by atoms with E-state index in [1.54, 1.807) is 0 Å². The van der Waals surface area contributed by atoms with Crippen molar-refractivity contribution >= 4 is 34.1 Å². The Labute approximate surface area is 179 Å². The van der Waals surface area contributed by atoms with Gasteiger partial charge in [0.25, 0.3) is 0 Å². The number of benzene rings is 2. The first-order valence-electron chi connectivity index (χ1n) is 10.3. The van der Waals surface area contributed by atoms with Gasteiger partial charge in [-0.25, -0.2) is 0 Å². The molecule has 0 aliphatic rings. The molecule has 0 unspecified atom stereocenters. The summed E-state index contributed by atoms with van der Waals surface area (Å²) >= 11 is 0. The van der Waals surface area contributed by atoms with Gasteiger partial charge in [0.1, 0.15) is 0 Å². The molecule has 29 heavy (non-hydrogen) atoms. The summed E-state index contributed by atoms with van der Waals surface area (Å²) in [4.78, 5) is 4.18. The Balaban J connectivity index is 0.00000240. The highest BCUT2D eigenvalue weighted by Gasteiger charge is 2.07. The maximum absolute atomic E-state index is 4.18. The Hall–Kier alpha value is -2.36. The molecule has 2 aromatic heterocycles. The van der Waals surface area contributed by atoms with Crippen molar-refractivity contribution in [2.24, 2.45) is 7.05 Å². The summed E-state index contributed by atoms with van der Waals surface area (Å²) in [5.41, 5.74) is 4.14. The minimum atomic E-state index is 0. The molecule has 0 fully saturated rings. The van der Waals surface area contributed by atoms with Crippen molar-refractivity contribution in [3.63, 3.8) is 0 Å². The van der Waals surface area contributed by atoms with Crippen molar-refractivity contribution in [3.05, 3.63) is 78.2 Å². The van der Waals surface area contributed by atoms with E-state index in [9.17, 15) is 0 Å². The van der Waals surface area contributed by atoms with Gasteiger partial charge in [-0.2, -0.15) is 0 Å². The molecule has 2 heterocycles. The van der Waals surface area contributed by atoms with Gasteiger partial charge in [-0.3, -0.25) is 4.98 Å². The van der Waals surface area contributed by atoms with E-state index in [1.807, 2.05) is 12.4 Å². The van der Waals surface area contributed by atoms with Gasteiger partial charge in [0, 0.05) is 54.5 Å². The van der Waals surface area contributed by atoms with Crippen molar-refractivity contribution in [2.75, 3.05) is 0 Å². The van der Waals surface area contributed by atoms with Gasteiger partial charge in [-0.15, -0.1) is 12.4 Å². The van der Waals surface area contributed by atoms with E-state index >= 15 is 0 Å². The third kappa shape index (κ3) is 5.17. The molecule has 4 aromatic rings. The summed E-state index contributed by atoms with van der Waals surface area (Å²) in [5.74, 6) is 0. The van der Waals surface area contributed by atoms with Crippen LogP contribution in [0.25, 0.3) is 21.7 Å². The van der Waals surface area contributed by atoms with Crippen molar-refractivity contribution in [3.8, 4) is 0 Å². The van der Waals surface area contributed by atoms with E-state index in [0.29, 0.717) is 6.04 Å². The van der Waals surface area contributed by atoms with E-state index in [-0.39, 0.29) is 12.4 Å². The van der Waals surface area contributed by atoms with Gasteiger partial charge >= 0.3 is 0 Å². The molecular formula is C25H30ClN3. The monoisotopic (exact) mass is 407 g/mol. The fraction of sp³-hybridized carbons (Fsp3) is 0.320. The number of hydrogen-bond acceptors (Lipinski definition) is 2. The predicted molar refractivity (Wildman–Crippen MR) is 126 cm³/mol. The fourth-order valence-corrected chi connectivity index (χ4v) is 4.03. The zero-order valence-electron chi connectivity index (χ0n) is 17.3. The molecule has 1 atom stereocenters. The summed E-state index contributed by atoms with van der Waals surface area (Å²) in [6, 6.07) is 17.9. The number of aryl methyl sites for hydroxylation is 2. The van der Waals surface area contributed by atoms with Crippen LogP contribution in [0.15, 0.2) is 67.1 Å². The molecule has 3 nitrogen and oxygen atoms in total. The highest BCUT2D eigenvalue weighted by atomic mass is 35.5. The molecule has 152 valence electrons. The maximum atomic E-state index is 4.18.